The van der Waals surface area contributed by atoms with Gasteiger partial charge in [-0.15, -0.1) is 0 Å². The van der Waals surface area contributed by atoms with Gasteiger partial charge in [-0.05, 0) is 44.2 Å². The number of nitrogens with two attached hydrogens (primary N) is 1. The fourth-order valence-electron chi connectivity index (χ4n) is 1.98. The van der Waals surface area contributed by atoms with Crippen LogP contribution in [0.15, 0.2) is 18.2 Å². The third-order valence-corrected chi connectivity index (χ3v) is 3.07. The number of rotatable bonds is 6. The Labute approximate surface area is 106 Å². The van der Waals surface area contributed by atoms with Gasteiger partial charge in [0.15, 0.2) is 0 Å². The van der Waals surface area contributed by atoms with Crippen molar-refractivity contribution in [1.29, 1.82) is 0 Å². The van der Waals surface area contributed by atoms with Crippen molar-refractivity contribution in [3.8, 4) is 0 Å². The normalized spacial score (nSPS) is 11.6. The number of nitrogens with one attached hydrogen (secondary N) is 1. The first-order valence-corrected chi connectivity index (χ1v) is 6.61. The molecule has 2 heteroatoms. The van der Waals surface area contributed by atoms with Gasteiger partial charge in [0.2, 0.25) is 0 Å². The predicted molar refractivity (Wildman–Crippen MR) is 76.6 cm³/mol. The molecule has 0 bridgehead atoms. The molecule has 0 heterocycles. The van der Waals surface area contributed by atoms with Crippen molar-refractivity contribution in [2.75, 3.05) is 11.9 Å². The van der Waals surface area contributed by atoms with Crippen LogP contribution in [0, 0.1) is 0 Å². The predicted octanol–water partition coefficient (Wildman–Crippen LogP) is 3.35. The molecule has 0 fully saturated rings. The van der Waals surface area contributed by atoms with Crippen molar-refractivity contribution in [1.82, 2.24) is 0 Å². The second kappa shape index (κ2) is 6.06. The summed E-state index contributed by atoms with van der Waals surface area (Å²) in [7, 11) is 0. The van der Waals surface area contributed by atoms with E-state index in [-0.39, 0.29) is 5.54 Å². The molecule has 1 aromatic rings. The van der Waals surface area contributed by atoms with E-state index in [4.69, 9.17) is 5.73 Å². The van der Waals surface area contributed by atoms with E-state index in [1.807, 2.05) is 0 Å². The maximum Gasteiger partial charge on any atom is 0.0405 e. The minimum Gasteiger partial charge on any atom is -0.385 e. The summed E-state index contributed by atoms with van der Waals surface area (Å²) in [5.74, 6) is 0. The Hall–Kier alpha value is -1.02. The molecule has 0 spiro atoms. The molecule has 0 saturated carbocycles. The van der Waals surface area contributed by atoms with E-state index in [9.17, 15) is 0 Å². The van der Waals surface area contributed by atoms with Crippen LogP contribution in [-0.4, -0.2) is 12.1 Å². The average molecular weight is 234 g/mol. The van der Waals surface area contributed by atoms with Gasteiger partial charge in [-0.2, -0.15) is 0 Å². The number of hydrogen-bond acceptors (Lipinski definition) is 2. The van der Waals surface area contributed by atoms with Crippen molar-refractivity contribution in [2.24, 2.45) is 5.73 Å². The number of benzene rings is 1. The third-order valence-electron chi connectivity index (χ3n) is 3.07. The van der Waals surface area contributed by atoms with Crippen LogP contribution in [0.3, 0.4) is 0 Å². The highest BCUT2D eigenvalue weighted by Crippen LogP contribution is 2.22. The van der Waals surface area contributed by atoms with Crippen LogP contribution >= 0.6 is 0 Å². The van der Waals surface area contributed by atoms with Crippen molar-refractivity contribution >= 4 is 5.69 Å². The molecule has 0 unspecified atom stereocenters. The zero-order valence-electron chi connectivity index (χ0n) is 11.6. The topological polar surface area (TPSA) is 38.0 Å². The average Bonchev–Trinajstić information content (AvgIpc) is 2.27. The Morgan fingerprint density at radius 3 is 2.06 bits per heavy atom. The monoisotopic (exact) mass is 234 g/mol. The number of aryl methyl sites for hydroxylation is 2. The number of para-hydroxylation sites is 1. The van der Waals surface area contributed by atoms with Crippen LogP contribution in [0.25, 0.3) is 0 Å². The van der Waals surface area contributed by atoms with Crippen molar-refractivity contribution < 1.29 is 0 Å². The third kappa shape index (κ3) is 4.39. The lowest BCUT2D eigenvalue weighted by Gasteiger charge is -2.21. The van der Waals surface area contributed by atoms with E-state index in [1.54, 1.807) is 0 Å². The summed E-state index contributed by atoms with van der Waals surface area (Å²) < 4.78 is 0. The molecule has 2 nitrogen and oxygen atoms in total. The molecule has 0 amide bonds. The zero-order chi connectivity index (χ0) is 12.9. The van der Waals surface area contributed by atoms with Crippen LogP contribution in [0.1, 0.15) is 45.2 Å². The molecule has 0 atom stereocenters. The first kappa shape index (κ1) is 14.0. The zero-order valence-corrected chi connectivity index (χ0v) is 11.6. The van der Waals surface area contributed by atoms with E-state index in [2.05, 4.69) is 51.2 Å². The molecule has 96 valence electrons. The largest absolute Gasteiger partial charge is 0.385 e. The van der Waals surface area contributed by atoms with Gasteiger partial charge in [-0.1, -0.05) is 32.0 Å². The Balaban J connectivity index is 2.74. The standard InChI is InChI=1S/C15H26N2/c1-5-12-8-7-9-13(6-2)14(12)17-11-10-15(3,4)16/h7-9,17H,5-6,10-11,16H2,1-4H3. The smallest absolute Gasteiger partial charge is 0.0405 e. The van der Waals surface area contributed by atoms with Gasteiger partial charge in [0.05, 0.1) is 0 Å². The fraction of sp³-hybridized carbons (Fsp3) is 0.600. The van der Waals surface area contributed by atoms with Gasteiger partial charge < -0.3 is 11.1 Å². The van der Waals surface area contributed by atoms with Gasteiger partial charge in [-0.3, -0.25) is 0 Å². The minimum atomic E-state index is -0.0967. The maximum absolute atomic E-state index is 6.00. The first-order chi connectivity index (χ1) is 7.98. The summed E-state index contributed by atoms with van der Waals surface area (Å²) in [4.78, 5) is 0. The molecule has 1 rings (SSSR count). The molecular weight excluding hydrogens is 208 g/mol. The molecule has 0 aromatic heterocycles. The van der Waals surface area contributed by atoms with Crippen LogP contribution in [0.2, 0.25) is 0 Å². The Bertz CT molecular complexity index is 328. The highest BCUT2D eigenvalue weighted by atomic mass is 14.9. The molecule has 0 saturated heterocycles. The maximum atomic E-state index is 6.00. The number of hydrogen-bond donors (Lipinski definition) is 2. The highest BCUT2D eigenvalue weighted by molar-refractivity contribution is 5.57. The van der Waals surface area contributed by atoms with Crippen molar-refractivity contribution in [3.63, 3.8) is 0 Å². The molecule has 0 aliphatic rings. The molecule has 0 aliphatic carbocycles. The van der Waals surface area contributed by atoms with Crippen LogP contribution in [0.4, 0.5) is 5.69 Å². The first-order valence-electron chi connectivity index (χ1n) is 6.61. The number of anilines is 1. The second-order valence-corrected chi connectivity index (χ2v) is 5.32. The molecule has 3 N–H and O–H groups in total. The Morgan fingerprint density at radius 2 is 1.65 bits per heavy atom. The molecule has 17 heavy (non-hydrogen) atoms. The second-order valence-electron chi connectivity index (χ2n) is 5.32. The van der Waals surface area contributed by atoms with Gasteiger partial charge in [-0.25, -0.2) is 0 Å². The lowest BCUT2D eigenvalue weighted by Crippen LogP contribution is -2.34. The Morgan fingerprint density at radius 1 is 1.12 bits per heavy atom. The van der Waals surface area contributed by atoms with Crippen LogP contribution in [0.5, 0.6) is 0 Å². The van der Waals surface area contributed by atoms with Crippen LogP contribution in [-0.2, 0) is 12.8 Å². The summed E-state index contributed by atoms with van der Waals surface area (Å²) in [6.45, 7) is 9.48. The van der Waals surface area contributed by atoms with Crippen molar-refractivity contribution in [2.45, 2.75) is 52.5 Å². The fourth-order valence-corrected chi connectivity index (χ4v) is 1.98. The highest BCUT2D eigenvalue weighted by Gasteiger charge is 2.11. The lowest BCUT2D eigenvalue weighted by atomic mass is 10.0. The van der Waals surface area contributed by atoms with Gasteiger partial charge in [0, 0.05) is 17.8 Å². The summed E-state index contributed by atoms with van der Waals surface area (Å²) in [6, 6.07) is 6.56. The van der Waals surface area contributed by atoms with E-state index < -0.39 is 0 Å². The summed E-state index contributed by atoms with van der Waals surface area (Å²) in [6.07, 6.45) is 3.12. The Kier molecular flexibility index (Phi) is 5.01. The summed E-state index contributed by atoms with van der Waals surface area (Å²) in [5, 5.41) is 3.56. The van der Waals surface area contributed by atoms with Gasteiger partial charge in [0.1, 0.15) is 0 Å². The quantitative estimate of drug-likeness (QED) is 0.792. The molecule has 0 radical (unpaired) electrons. The van der Waals surface area contributed by atoms with Gasteiger partial charge >= 0.3 is 0 Å². The van der Waals surface area contributed by atoms with Crippen molar-refractivity contribution in [3.05, 3.63) is 29.3 Å². The molecular formula is C15H26N2. The SMILES string of the molecule is CCc1cccc(CC)c1NCCC(C)(C)N. The van der Waals surface area contributed by atoms with Gasteiger partial charge in [0.25, 0.3) is 0 Å². The minimum absolute atomic E-state index is 0.0967. The molecule has 1 aromatic carbocycles. The van der Waals surface area contributed by atoms with E-state index in [1.165, 1.54) is 16.8 Å². The lowest BCUT2D eigenvalue weighted by molar-refractivity contribution is 0.490. The van der Waals surface area contributed by atoms with Crippen LogP contribution < -0.4 is 11.1 Å². The summed E-state index contributed by atoms with van der Waals surface area (Å²) >= 11 is 0. The van der Waals surface area contributed by atoms with E-state index in [0.717, 1.165) is 25.8 Å². The van der Waals surface area contributed by atoms with E-state index >= 15 is 0 Å². The summed E-state index contributed by atoms with van der Waals surface area (Å²) in [5.41, 5.74) is 10.0. The molecule has 0 aliphatic heterocycles. The van der Waals surface area contributed by atoms with E-state index in [0.29, 0.717) is 0 Å².